The van der Waals surface area contributed by atoms with Gasteiger partial charge in [-0.25, -0.2) is 0 Å². The van der Waals surface area contributed by atoms with E-state index in [-0.39, 0.29) is 0 Å². The summed E-state index contributed by atoms with van der Waals surface area (Å²) in [6, 6.07) is 8.00. The number of rotatable bonds is 2. The molecule has 0 amide bonds. The molecule has 0 nitrogen and oxygen atoms in total. The zero-order chi connectivity index (χ0) is 10.4. The molecule has 1 unspecified atom stereocenters. The molecule has 1 heteroatoms. The highest BCUT2D eigenvalue weighted by atomic mass is 35.5. The van der Waals surface area contributed by atoms with Crippen molar-refractivity contribution in [3.05, 3.63) is 34.9 Å². The molecule has 0 aliphatic carbocycles. The maximum absolute atomic E-state index is 5.91. The number of hydrogen-bond acceptors (Lipinski definition) is 0. The second kappa shape index (κ2) is 5.73. The molecule has 0 aliphatic rings. The number of hydrogen-bond donors (Lipinski definition) is 0. The first-order valence-electron chi connectivity index (χ1n) is 4.95. The van der Waals surface area contributed by atoms with Crippen LogP contribution in [0.3, 0.4) is 0 Å². The summed E-state index contributed by atoms with van der Waals surface area (Å²) in [6.07, 6.45) is 1.84. The first-order valence-corrected chi connectivity index (χ1v) is 5.33. The standard InChI is InChI=1S/C13H15Cl/c1-3-4-5-7-11(2)12-8-6-9-13(14)10-12/h6,8-11H,3,7H2,1-2H3. The van der Waals surface area contributed by atoms with E-state index in [0.717, 1.165) is 17.9 Å². The highest BCUT2D eigenvalue weighted by Gasteiger charge is 2.03. The Labute approximate surface area is 91.3 Å². The molecule has 0 bridgehead atoms. The molecule has 14 heavy (non-hydrogen) atoms. The molecular weight excluding hydrogens is 192 g/mol. The Morgan fingerprint density at radius 2 is 2.14 bits per heavy atom. The highest BCUT2D eigenvalue weighted by Crippen LogP contribution is 2.21. The lowest BCUT2D eigenvalue weighted by molar-refractivity contribution is 0.795. The minimum Gasteiger partial charge on any atom is -0.104 e. The maximum Gasteiger partial charge on any atom is 0.0408 e. The average molecular weight is 207 g/mol. The van der Waals surface area contributed by atoms with E-state index in [0.29, 0.717) is 5.92 Å². The minimum absolute atomic E-state index is 0.466. The quantitative estimate of drug-likeness (QED) is 0.635. The summed E-state index contributed by atoms with van der Waals surface area (Å²) >= 11 is 5.91. The van der Waals surface area contributed by atoms with Crippen LogP contribution in [0.1, 0.15) is 38.2 Å². The summed E-state index contributed by atoms with van der Waals surface area (Å²) in [5.41, 5.74) is 1.27. The van der Waals surface area contributed by atoms with Gasteiger partial charge in [0, 0.05) is 17.9 Å². The lowest BCUT2D eigenvalue weighted by atomic mass is 9.98. The van der Waals surface area contributed by atoms with E-state index >= 15 is 0 Å². The van der Waals surface area contributed by atoms with Crippen LogP contribution in [0.4, 0.5) is 0 Å². The van der Waals surface area contributed by atoms with Crippen molar-refractivity contribution in [3.8, 4) is 11.8 Å². The van der Waals surface area contributed by atoms with Crippen LogP contribution in [-0.2, 0) is 0 Å². The van der Waals surface area contributed by atoms with Crippen molar-refractivity contribution < 1.29 is 0 Å². The SMILES string of the molecule is CCC#CCC(C)c1cccc(Cl)c1. The molecule has 0 radical (unpaired) electrons. The molecule has 0 aromatic heterocycles. The smallest absolute Gasteiger partial charge is 0.0408 e. The molecule has 1 aromatic carbocycles. The Bertz CT molecular complexity index is 344. The molecule has 0 N–H and O–H groups in total. The molecule has 0 heterocycles. The van der Waals surface area contributed by atoms with Crippen LogP contribution in [0, 0.1) is 11.8 Å². The van der Waals surface area contributed by atoms with Gasteiger partial charge in [-0.05, 0) is 23.6 Å². The molecule has 1 rings (SSSR count). The fraction of sp³-hybridized carbons (Fsp3) is 0.385. The predicted molar refractivity (Wildman–Crippen MR) is 62.6 cm³/mol. The fourth-order valence-electron chi connectivity index (χ4n) is 1.28. The van der Waals surface area contributed by atoms with E-state index in [1.54, 1.807) is 0 Å². The van der Waals surface area contributed by atoms with Crippen LogP contribution in [-0.4, -0.2) is 0 Å². The molecule has 0 spiro atoms. The Hall–Kier alpha value is -0.930. The van der Waals surface area contributed by atoms with E-state index in [4.69, 9.17) is 11.6 Å². The summed E-state index contributed by atoms with van der Waals surface area (Å²) in [4.78, 5) is 0. The molecule has 1 aromatic rings. The van der Waals surface area contributed by atoms with Gasteiger partial charge in [0.25, 0.3) is 0 Å². The van der Waals surface area contributed by atoms with Crippen molar-refractivity contribution in [2.75, 3.05) is 0 Å². The maximum atomic E-state index is 5.91. The third-order valence-corrected chi connectivity index (χ3v) is 2.36. The second-order valence-corrected chi connectivity index (χ2v) is 3.80. The zero-order valence-electron chi connectivity index (χ0n) is 8.68. The largest absolute Gasteiger partial charge is 0.104 e. The summed E-state index contributed by atoms with van der Waals surface area (Å²) in [5, 5.41) is 0.804. The van der Waals surface area contributed by atoms with Crippen molar-refractivity contribution in [1.82, 2.24) is 0 Å². The van der Waals surface area contributed by atoms with Gasteiger partial charge >= 0.3 is 0 Å². The van der Waals surface area contributed by atoms with Crippen molar-refractivity contribution in [3.63, 3.8) is 0 Å². The Kier molecular flexibility index (Phi) is 4.56. The first kappa shape index (κ1) is 11.1. The van der Waals surface area contributed by atoms with E-state index in [2.05, 4.69) is 31.8 Å². The van der Waals surface area contributed by atoms with Crippen molar-refractivity contribution in [1.29, 1.82) is 0 Å². The van der Waals surface area contributed by atoms with Gasteiger partial charge < -0.3 is 0 Å². The molecule has 0 saturated heterocycles. The fourth-order valence-corrected chi connectivity index (χ4v) is 1.48. The molecule has 0 saturated carbocycles. The minimum atomic E-state index is 0.466. The van der Waals surface area contributed by atoms with Gasteiger partial charge in [-0.15, -0.1) is 11.8 Å². The third-order valence-electron chi connectivity index (χ3n) is 2.13. The average Bonchev–Trinajstić information content (AvgIpc) is 2.18. The van der Waals surface area contributed by atoms with Crippen molar-refractivity contribution in [2.45, 2.75) is 32.6 Å². The monoisotopic (exact) mass is 206 g/mol. The van der Waals surface area contributed by atoms with Gasteiger partial charge in [0.1, 0.15) is 0 Å². The summed E-state index contributed by atoms with van der Waals surface area (Å²) in [7, 11) is 0. The number of benzene rings is 1. The lowest BCUT2D eigenvalue weighted by Gasteiger charge is -2.07. The van der Waals surface area contributed by atoms with E-state index in [9.17, 15) is 0 Å². The van der Waals surface area contributed by atoms with Gasteiger partial charge in [-0.1, -0.05) is 37.6 Å². The van der Waals surface area contributed by atoms with Crippen LogP contribution in [0.2, 0.25) is 5.02 Å². The topological polar surface area (TPSA) is 0 Å². The van der Waals surface area contributed by atoms with Gasteiger partial charge in [0.15, 0.2) is 0 Å². The van der Waals surface area contributed by atoms with Gasteiger partial charge in [-0.2, -0.15) is 0 Å². The third kappa shape index (κ3) is 3.44. The van der Waals surface area contributed by atoms with Crippen LogP contribution >= 0.6 is 11.6 Å². The van der Waals surface area contributed by atoms with Crippen LogP contribution in [0.25, 0.3) is 0 Å². The van der Waals surface area contributed by atoms with E-state index in [1.165, 1.54) is 5.56 Å². The predicted octanol–water partition coefficient (Wildman–Crippen LogP) is 4.25. The van der Waals surface area contributed by atoms with Crippen molar-refractivity contribution in [2.24, 2.45) is 0 Å². The summed E-state index contributed by atoms with van der Waals surface area (Å²) < 4.78 is 0. The Morgan fingerprint density at radius 1 is 1.36 bits per heavy atom. The Morgan fingerprint density at radius 3 is 2.79 bits per heavy atom. The van der Waals surface area contributed by atoms with Gasteiger partial charge in [0.05, 0.1) is 0 Å². The zero-order valence-corrected chi connectivity index (χ0v) is 9.43. The molecule has 0 aliphatic heterocycles. The highest BCUT2D eigenvalue weighted by molar-refractivity contribution is 6.30. The lowest BCUT2D eigenvalue weighted by Crippen LogP contribution is -1.91. The Balaban J connectivity index is 2.64. The van der Waals surface area contributed by atoms with Crippen LogP contribution in [0.15, 0.2) is 24.3 Å². The normalized spacial score (nSPS) is 11.6. The van der Waals surface area contributed by atoms with Crippen LogP contribution < -0.4 is 0 Å². The molecular formula is C13H15Cl. The molecule has 1 atom stereocenters. The molecule has 74 valence electrons. The van der Waals surface area contributed by atoms with Crippen LogP contribution in [0.5, 0.6) is 0 Å². The molecule has 0 fully saturated rings. The summed E-state index contributed by atoms with van der Waals surface area (Å²) in [6.45, 7) is 4.24. The van der Waals surface area contributed by atoms with E-state index < -0.39 is 0 Å². The second-order valence-electron chi connectivity index (χ2n) is 3.37. The van der Waals surface area contributed by atoms with Gasteiger partial charge in [-0.3, -0.25) is 0 Å². The first-order chi connectivity index (χ1) is 6.74. The summed E-state index contributed by atoms with van der Waals surface area (Å²) in [5.74, 6) is 6.71. The van der Waals surface area contributed by atoms with Crippen molar-refractivity contribution >= 4 is 11.6 Å². The number of halogens is 1. The van der Waals surface area contributed by atoms with Gasteiger partial charge in [0.2, 0.25) is 0 Å². The van der Waals surface area contributed by atoms with E-state index in [1.807, 2.05) is 18.2 Å².